The average Bonchev–Trinajstić information content (AvgIpc) is 2.61. The summed E-state index contributed by atoms with van der Waals surface area (Å²) in [5.41, 5.74) is 7.14. The number of benzene rings is 1. The number of nitrogens with two attached hydrogens (primary N) is 1. The van der Waals surface area contributed by atoms with E-state index in [4.69, 9.17) is 17.3 Å². The molecule has 5 nitrogen and oxygen atoms in total. The van der Waals surface area contributed by atoms with Crippen LogP contribution in [-0.4, -0.2) is 29.7 Å². The Morgan fingerprint density at radius 1 is 1.50 bits per heavy atom. The number of carbonyl (C=O) groups is 1. The maximum atomic E-state index is 11.6. The third-order valence-electron chi connectivity index (χ3n) is 3.29. The molecule has 1 heterocycles. The highest BCUT2D eigenvalue weighted by atomic mass is 35.5. The van der Waals surface area contributed by atoms with Crippen molar-refractivity contribution >= 4 is 28.9 Å². The summed E-state index contributed by atoms with van der Waals surface area (Å²) < 4.78 is 0. The van der Waals surface area contributed by atoms with Crippen molar-refractivity contribution in [1.29, 1.82) is 0 Å². The molecule has 1 amide bonds. The number of hydrogen-bond acceptors (Lipinski definition) is 4. The Balaban J connectivity index is 2.38. The smallest absolute Gasteiger partial charge is 0.245 e. The van der Waals surface area contributed by atoms with E-state index in [-0.39, 0.29) is 5.91 Å². The molecule has 1 aliphatic rings. The summed E-state index contributed by atoms with van der Waals surface area (Å²) in [6.07, 6.45) is 0. The monoisotopic (exact) mass is 297 g/mol. The fraction of sp³-hybridized carbons (Fsp3) is 0.500. The minimum Gasteiger partial charge on any atom is -0.389 e. The number of fused-ring (bicyclic) bond motifs is 1. The van der Waals surface area contributed by atoms with Gasteiger partial charge in [0.1, 0.15) is 6.04 Å². The molecule has 20 heavy (non-hydrogen) atoms. The molecule has 0 spiro atoms. The van der Waals surface area contributed by atoms with Crippen LogP contribution in [0.25, 0.3) is 0 Å². The van der Waals surface area contributed by atoms with Crippen LogP contribution in [0.1, 0.15) is 32.4 Å². The van der Waals surface area contributed by atoms with E-state index >= 15 is 0 Å². The molecule has 1 atom stereocenters. The molecule has 1 aromatic carbocycles. The topological polar surface area (TPSA) is 78.6 Å². The molecule has 1 aromatic rings. The number of carbonyl (C=O) groups excluding carboxylic acids is 1. The molecule has 110 valence electrons. The first-order valence-corrected chi connectivity index (χ1v) is 6.98. The molecule has 1 unspecified atom stereocenters. The summed E-state index contributed by atoms with van der Waals surface area (Å²) in [5.74, 6) is -0.223. The van der Waals surface area contributed by atoms with Gasteiger partial charge in [0.2, 0.25) is 5.91 Å². The highest BCUT2D eigenvalue weighted by molar-refractivity contribution is 6.33. The fourth-order valence-corrected chi connectivity index (χ4v) is 2.66. The van der Waals surface area contributed by atoms with Crippen LogP contribution in [0.5, 0.6) is 0 Å². The van der Waals surface area contributed by atoms with Crippen molar-refractivity contribution in [3.05, 3.63) is 22.7 Å². The van der Waals surface area contributed by atoms with Crippen molar-refractivity contribution in [3.63, 3.8) is 0 Å². The largest absolute Gasteiger partial charge is 0.389 e. The minimum atomic E-state index is -0.835. The van der Waals surface area contributed by atoms with Crippen LogP contribution in [0, 0.1) is 0 Å². The van der Waals surface area contributed by atoms with Gasteiger partial charge < -0.3 is 21.1 Å². The van der Waals surface area contributed by atoms with Crippen LogP contribution in [0.2, 0.25) is 5.02 Å². The van der Waals surface area contributed by atoms with E-state index in [1.807, 2.05) is 17.9 Å². The predicted octanol–water partition coefficient (Wildman–Crippen LogP) is 1.89. The van der Waals surface area contributed by atoms with Gasteiger partial charge in [-0.15, -0.1) is 0 Å². The molecule has 0 aromatic heterocycles. The number of hydrogen-bond donors (Lipinski definition) is 3. The maximum Gasteiger partial charge on any atom is 0.245 e. The maximum absolute atomic E-state index is 11.6. The van der Waals surface area contributed by atoms with Gasteiger partial charge in [-0.25, -0.2) is 0 Å². The lowest BCUT2D eigenvalue weighted by Crippen LogP contribution is -2.38. The molecular formula is C14H20ClN3O2. The molecule has 6 heteroatoms. The van der Waals surface area contributed by atoms with E-state index in [2.05, 4.69) is 5.32 Å². The zero-order chi connectivity index (χ0) is 15.1. The third-order valence-corrected chi connectivity index (χ3v) is 3.60. The van der Waals surface area contributed by atoms with Crippen LogP contribution < -0.4 is 16.0 Å². The highest BCUT2D eigenvalue weighted by Gasteiger charge is 2.29. The van der Waals surface area contributed by atoms with E-state index in [0.29, 0.717) is 29.4 Å². The van der Waals surface area contributed by atoms with Gasteiger partial charge in [-0.05, 0) is 32.9 Å². The Morgan fingerprint density at radius 2 is 2.15 bits per heavy atom. The standard InChI is InChI=1S/C14H20ClN3O2/c1-4-18(7-14(2,3)20)11-6-10-8(5-9(11)15)12(16)13(19)17-10/h5-6,12,20H,4,7,16H2,1-3H3,(H,17,19). The van der Waals surface area contributed by atoms with Gasteiger partial charge in [-0.3, -0.25) is 4.79 Å². The molecule has 2 rings (SSSR count). The Morgan fingerprint density at radius 3 is 2.70 bits per heavy atom. The van der Waals surface area contributed by atoms with Crippen molar-refractivity contribution in [1.82, 2.24) is 0 Å². The van der Waals surface area contributed by atoms with Gasteiger partial charge >= 0.3 is 0 Å². The molecule has 0 saturated carbocycles. The SMILES string of the molecule is CCN(CC(C)(C)O)c1cc2c(cc1Cl)C(N)C(=O)N2. The van der Waals surface area contributed by atoms with Crippen LogP contribution in [0.4, 0.5) is 11.4 Å². The predicted molar refractivity (Wildman–Crippen MR) is 81.2 cm³/mol. The van der Waals surface area contributed by atoms with Gasteiger partial charge in [0, 0.05) is 24.3 Å². The van der Waals surface area contributed by atoms with Crippen molar-refractivity contribution in [2.24, 2.45) is 5.73 Å². The van der Waals surface area contributed by atoms with Crippen molar-refractivity contribution in [2.75, 3.05) is 23.3 Å². The summed E-state index contributed by atoms with van der Waals surface area (Å²) in [4.78, 5) is 13.6. The lowest BCUT2D eigenvalue weighted by atomic mass is 10.1. The number of likely N-dealkylation sites (N-methyl/N-ethyl adjacent to an activating group) is 1. The quantitative estimate of drug-likeness (QED) is 0.793. The second kappa shape index (κ2) is 5.24. The number of halogens is 1. The van der Waals surface area contributed by atoms with Crippen LogP contribution in [0.3, 0.4) is 0 Å². The molecule has 0 saturated heterocycles. The van der Waals surface area contributed by atoms with Crippen molar-refractivity contribution < 1.29 is 9.90 Å². The van der Waals surface area contributed by atoms with Gasteiger partial charge in [-0.2, -0.15) is 0 Å². The molecular weight excluding hydrogens is 278 g/mol. The fourth-order valence-electron chi connectivity index (χ4n) is 2.37. The number of rotatable bonds is 4. The molecule has 0 bridgehead atoms. The van der Waals surface area contributed by atoms with Crippen LogP contribution in [-0.2, 0) is 4.79 Å². The lowest BCUT2D eigenvalue weighted by molar-refractivity contribution is -0.116. The number of nitrogens with one attached hydrogen (secondary N) is 1. The van der Waals surface area contributed by atoms with Crippen molar-refractivity contribution in [2.45, 2.75) is 32.4 Å². The zero-order valence-corrected chi connectivity index (χ0v) is 12.7. The lowest BCUT2D eigenvalue weighted by Gasteiger charge is -2.31. The first-order valence-electron chi connectivity index (χ1n) is 6.60. The summed E-state index contributed by atoms with van der Waals surface area (Å²) in [6, 6.07) is 2.88. The van der Waals surface area contributed by atoms with E-state index in [9.17, 15) is 9.90 Å². The highest BCUT2D eigenvalue weighted by Crippen LogP contribution is 2.38. The van der Waals surface area contributed by atoms with E-state index < -0.39 is 11.6 Å². The van der Waals surface area contributed by atoms with Gasteiger partial charge in [-0.1, -0.05) is 11.6 Å². The van der Waals surface area contributed by atoms with Crippen LogP contribution in [0.15, 0.2) is 12.1 Å². The second-order valence-electron chi connectivity index (χ2n) is 5.68. The molecule has 4 N–H and O–H groups in total. The molecule has 1 aliphatic heterocycles. The number of aliphatic hydroxyl groups is 1. The van der Waals surface area contributed by atoms with Crippen LogP contribution >= 0.6 is 11.6 Å². The Hall–Kier alpha value is -1.30. The minimum absolute atomic E-state index is 0.223. The number of nitrogens with zero attached hydrogens (tertiary/aromatic N) is 1. The average molecular weight is 298 g/mol. The number of anilines is 2. The summed E-state index contributed by atoms with van der Waals surface area (Å²) in [7, 11) is 0. The van der Waals surface area contributed by atoms with E-state index in [1.165, 1.54) is 0 Å². The van der Waals surface area contributed by atoms with E-state index in [1.54, 1.807) is 19.9 Å². The summed E-state index contributed by atoms with van der Waals surface area (Å²) in [6.45, 7) is 6.62. The Kier molecular flexibility index (Phi) is 3.95. The van der Waals surface area contributed by atoms with Crippen molar-refractivity contribution in [3.8, 4) is 0 Å². The number of amides is 1. The first-order chi connectivity index (χ1) is 9.23. The Labute approximate surface area is 123 Å². The van der Waals surface area contributed by atoms with Gasteiger partial charge in [0.05, 0.1) is 16.3 Å². The van der Waals surface area contributed by atoms with Gasteiger partial charge in [0.15, 0.2) is 0 Å². The third kappa shape index (κ3) is 2.90. The molecule has 0 radical (unpaired) electrons. The first kappa shape index (κ1) is 15.1. The summed E-state index contributed by atoms with van der Waals surface area (Å²) >= 11 is 6.31. The summed E-state index contributed by atoms with van der Waals surface area (Å²) in [5, 5.41) is 13.2. The van der Waals surface area contributed by atoms with Gasteiger partial charge in [0.25, 0.3) is 0 Å². The molecule has 0 fully saturated rings. The van der Waals surface area contributed by atoms with E-state index in [0.717, 1.165) is 5.69 Å². The molecule has 0 aliphatic carbocycles. The zero-order valence-electron chi connectivity index (χ0n) is 11.9. The normalized spacial score (nSPS) is 17.9. The Bertz CT molecular complexity index is 540. The second-order valence-corrected chi connectivity index (χ2v) is 6.09.